The molecule has 190 valence electrons. The summed E-state index contributed by atoms with van der Waals surface area (Å²) in [5, 5.41) is 2.58. The van der Waals surface area contributed by atoms with Crippen LogP contribution in [0.25, 0.3) is 21.3 Å². The first kappa shape index (κ1) is 26.3. The van der Waals surface area contributed by atoms with Gasteiger partial charge < -0.3 is 0 Å². The van der Waals surface area contributed by atoms with Crippen LogP contribution in [0.4, 0.5) is 5.69 Å². The van der Waals surface area contributed by atoms with Gasteiger partial charge in [-0.15, -0.1) is 11.3 Å². The molecule has 36 heavy (non-hydrogen) atoms. The van der Waals surface area contributed by atoms with Crippen molar-refractivity contribution in [2.75, 3.05) is 4.31 Å². The molecule has 0 spiro atoms. The van der Waals surface area contributed by atoms with E-state index in [1.54, 1.807) is 4.57 Å². The van der Waals surface area contributed by atoms with Gasteiger partial charge in [0.2, 0.25) is 0 Å². The molecular formula is C28H33N3O3S2. The summed E-state index contributed by atoms with van der Waals surface area (Å²) >= 11 is -0.605. The molecule has 0 aliphatic heterocycles. The number of rotatable bonds is 8. The van der Waals surface area contributed by atoms with Crippen molar-refractivity contribution in [2.45, 2.75) is 66.0 Å². The van der Waals surface area contributed by atoms with Crippen LogP contribution in [0.3, 0.4) is 0 Å². The molecule has 2 aromatic heterocycles. The predicted molar refractivity (Wildman–Crippen MR) is 151 cm³/mol. The van der Waals surface area contributed by atoms with Crippen molar-refractivity contribution >= 4 is 39.2 Å². The summed E-state index contributed by atoms with van der Waals surface area (Å²) in [6, 6.07) is 15.8. The lowest BCUT2D eigenvalue weighted by molar-refractivity contribution is 0.515. The molecule has 0 bridgehead atoms. The molecule has 0 saturated heterocycles. The fourth-order valence-corrected chi connectivity index (χ4v) is 6.10. The molecule has 1 N–H and O–H groups in total. The molecule has 4 aromatic rings. The number of benzene rings is 2. The van der Waals surface area contributed by atoms with E-state index in [1.165, 1.54) is 15.6 Å². The molecule has 4 rings (SSSR count). The van der Waals surface area contributed by atoms with E-state index in [-0.39, 0.29) is 5.56 Å². The lowest BCUT2D eigenvalue weighted by Crippen LogP contribution is -2.42. The predicted octanol–water partition coefficient (Wildman–Crippen LogP) is 6.57. The topological polar surface area (TPSA) is 75.4 Å². The van der Waals surface area contributed by atoms with Crippen LogP contribution in [0.5, 0.6) is 0 Å². The Balaban J connectivity index is 1.70. The summed E-state index contributed by atoms with van der Waals surface area (Å²) in [5.41, 5.74) is 3.96. The number of anilines is 1. The zero-order chi connectivity index (χ0) is 26.0. The molecule has 1 atom stereocenters. The molecule has 0 aliphatic carbocycles. The minimum Gasteiger partial charge on any atom is -0.292 e. The van der Waals surface area contributed by atoms with Crippen LogP contribution < -0.4 is 9.86 Å². The summed E-state index contributed by atoms with van der Waals surface area (Å²) in [7, 11) is 0. The summed E-state index contributed by atoms with van der Waals surface area (Å²) in [6.45, 7) is 10.3. The first-order valence-electron chi connectivity index (χ1n) is 12.2. The Labute approximate surface area is 219 Å². The summed E-state index contributed by atoms with van der Waals surface area (Å²) in [4.78, 5) is 19.2. The van der Waals surface area contributed by atoms with Gasteiger partial charge in [0, 0.05) is 12.0 Å². The lowest BCUT2D eigenvalue weighted by Gasteiger charge is -2.33. The quantitative estimate of drug-likeness (QED) is 0.265. The minimum atomic E-state index is -2.14. The van der Waals surface area contributed by atoms with Gasteiger partial charge in [-0.1, -0.05) is 49.2 Å². The smallest absolute Gasteiger partial charge is 0.262 e. The maximum atomic E-state index is 13.5. The van der Waals surface area contributed by atoms with Gasteiger partial charge in [-0.05, 0) is 68.8 Å². The maximum absolute atomic E-state index is 13.5. The number of aryl methyl sites for hydroxylation is 2. The van der Waals surface area contributed by atoms with E-state index in [0.29, 0.717) is 11.9 Å². The fraction of sp³-hybridized carbons (Fsp3) is 0.357. The molecule has 8 heteroatoms. The second-order valence-corrected chi connectivity index (χ2v) is 11.8. The SMILES string of the molecule is CCCCc1nc2ccc(C)cc2c(=O)n1Cc1ccc(-c2sccc2N(S(=O)O)C(C)(C)C)cc1. The van der Waals surface area contributed by atoms with Gasteiger partial charge >= 0.3 is 0 Å². The highest BCUT2D eigenvalue weighted by Gasteiger charge is 2.29. The first-order chi connectivity index (χ1) is 17.1. The van der Waals surface area contributed by atoms with Crippen LogP contribution in [0, 0.1) is 6.92 Å². The highest BCUT2D eigenvalue weighted by Crippen LogP contribution is 2.39. The third kappa shape index (κ3) is 5.45. The van der Waals surface area contributed by atoms with Gasteiger partial charge in [-0.3, -0.25) is 18.2 Å². The Morgan fingerprint density at radius 1 is 1.11 bits per heavy atom. The normalized spacial score (nSPS) is 12.7. The van der Waals surface area contributed by atoms with Crippen LogP contribution in [-0.2, 0) is 24.2 Å². The largest absolute Gasteiger partial charge is 0.292 e. The van der Waals surface area contributed by atoms with E-state index in [2.05, 4.69) is 6.92 Å². The van der Waals surface area contributed by atoms with Gasteiger partial charge in [0.25, 0.3) is 16.8 Å². The van der Waals surface area contributed by atoms with Gasteiger partial charge in [0.15, 0.2) is 0 Å². The van der Waals surface area contributed by atoms with E-state index in [1.807, 2.05) is 81.6 Å². The molecule has 0 aliphatic rings. The Bertz CT molecular complexity index is 1450. The second-order valence-electron chi connectivity index (χ2n) is 10.1. The zero-order valence-electron chi connectivity index (χ0n) is 21.4. The molecule has 1 unspecified atom stereocenters. The zero-order valence-corrected chi connectivity index (χ0v) is 23.1. The van der Waals surface area contributed by atoms with Gasteiger partial charge in [0.1, 0.15) is 5.82 Å². The standard InChI is InChI=1S/C28H33N3O3S2/c1-6-7-8-25-29-23-14-9-19(2)17-22(23)27(32)30(25)18-20-10-12-21(13-11-20)26-24(15-16-35-26)31(36(33)34)28(3,4)5/h9-17H,6-8,18H2,1-5H3,(H,33,34). The highest BCUT2D eigenvalue weighted by atomic mass is 32.2. The Kier molecular flexibility index (Phi) is 7.78. The minimum absolute atomic E-state index is 0.00864. The van der Waals surface area contributed by atoms with Gasteiger partial charge in [-0.2, -0.15) is 0 Å². The van der Waals surface area contributed by atoms with Crippen LogP contribution in [0.2, 0.25) is 0 Å². The van der Waals surface area contributed by atoms with Crippen molar-refractivity contribution < 1.29 is 8.76 Å². The van der Waals surface area contributed by atoms with Crippen molar-refractivity contribution in [2.24, 2.45) is 0 Å². The van der Waals surface area contributed by atoms with E-state index < -0.39 is 16.8 Å². The number of aromatic nitrogens is 2. The Morgan fingerprint density at radius 3 is 2.47 bits per heavy atom. The first-order valence-corrected chi connectivity index (χ1v) is 14.1. The molecule has 0 saturated carbocycles. The summed E-state index contributed by atoms with van der Waals surface area (Å²) in [6.07, 6.45) is 2.76. The Hall–Kier alpha value is -2.81. The van der Waals surface area contributed by atoms with Crippen molar-refractivity contribution in [3.63, 3.8) is 0 Å². The molecule has 0 fully saturated rings. The lowest BCUT2D eigenvalue weighted by atomic mass is 10.1. The second kappa shape index (κ2) is 10.7. The monoisotopic (exact) mass is 523 g/mol. The average molecular weight is 524 g/mol. The summed E-state index contributed by atoms with van der Waals surface area (Å²) < 4.78 is 25.4. The number of unbranched alkanes of at least 4 members (excludes halogenated alkanes) is 1. The Morgan fingerprint density at radius 2 is 1.83 bits per heavy atom. The molecule has 0 amide bonds. The van der Waals surface area contributed by atoms with Crippen molar-refractivity contribution in [1.82, 2.24) is 9.55 Å². The molecule has 6 nitrogen and oxygen atoms in total. The number of hydrogen-bond donors (Lipinski definition) is 1. The van der Waals surface area contributed by atoms with Crippen LogP contribution in [-0.4, -0.2) is 23.9 Å². The highest BCUT2D eigenvalue weighted by molar-refractivity contribution is 7.80. The van der Waals surface area contributed by atoms with Crippen LogP contribution in [0.1, 0.15) is 57.5 Å². The third-order valence-corrected chi connectivity index (χ3v) is 8.14. The van der Waals surface area contributed by atoms with E-state index in [9.17, 15) is 13.6 Å². The summed E-state index contributed by atoms with van der Waals surface area (Å²) in [5.74, 6) is 0.814. The van der Waals surface area contributed by atoms with Gasteiger partial charge in [0.05, 0.1) is 28.0 Å². The average Bonchev–Trinajstić information content (AvgIpc) is 3.28. The number of fused-ring (bicyclic) bond motifs is 1. The molecule has 2 aromatic carbocycles. The van der Waals surface area contributed by atoms with Gasteiger partial charge in [-0.25, -0.2) is 9.19 Å². The van der Waals surface area contributed by atoms with Crippen molar-refractivity contribution in [3.8, 4) is 10.4 Å². The maximum Gasteiger partial charge on any atom is 0.262 e. The molecule has 2 heterocycles. The van der Waals surface area contributed by atoms with E-state index in [4.69, 9.17) is 4.98 Å². The van der Waals surface area contributed by atoms with E-state index in [0.717, 1.165) is 57.9 Å². The number of hydrogen-bond acceptors (Lipinski definition) is 4. The number of nitrogens with zero attached hydrogens (tertiary/aromatic N) is 3. The fourth-order valence-electron chi connectivity index (χ4n) is 4.37. The molecule has 0 radical (unpaired) electrons. The van der Waals surface area contributed by atoms with Crippen LogP contribution in [0.15, 0.2) is 58.7 Å². The van der Waals surface area contributed by atoms with Crippen LogP contribution >= 0.6 is 11.3 Å². The number of thiophene rings is 1. The van der Waals surface area contributed by atoms with Crippen molar-refractivity contribution in [1.29, 1.82) is 0 Å². The van der Waals surface area contributed by atoms with E-state index >= 15 is 0 Å². The molecular weight excluding hydrogens is 490 g/mol. The van der Waals surface area contributed by atoms with Crippen molar-refractivity contribution in [3.05, 3.63) is 81.2 Å². The third-order valence-electron chi connectivity index (χ3n) is 6.13.